The van der Waals surface area contributed by atoms with Gasteiger partial charge in [0.05, 0.1) is 29.3 Å². The van der Waals surface area contributed by atoms with E-state index in [1.165, 1.54) is 0 Å². The maximum atomic E-state index is 10.8. The highest BCUT2D eigenvalue weighted by Crippen LogP contribution is 2.33. The molecule has 6 heteroatoms. The number of hydrogen-bond donors (Lipinski definition) is 2. The third-order valence-corrected chi connectivity index (χ3v) is 5.76. The van der Waals surface area contributed by atoms with E-state index in [-0.39, 0.29) is 6.04 Å². The molecule has 3 aromatic rings. The zero-order valence-corrected chi connectivity index (χ0v) is 18.3. The van der Waals surface area contributed by atoms with Crippen molar-refractivity contribution in [2.24, 2.45) is 0 Å². The van der Waals surface area contributed by atoms with E-state index in [0.29, 0.717) is 16.5 Å². The van der Waals surface area contributed by atoms with Crippen LogP contribution in [0.2, 0.25) is 10.0 Å². The summed E-state index contributed by atoms with van der Waals surface area (Å²) in [5.74, 6) is 0.755. The monoisotopic (exact) mass is 479 g/mol. The molecule has 0 aliphatic heterocycles. The van der Waals surface area contributed by atoms with Crippen LogP contribution in [0.4, 0.5) is 5.69 Å². The van der Waals surface area contributed by atoms with Crippen LogP contribution in [0.5, 0.6) is 5.75 Å². The minimum atomic E-state index is -0.659. The van der Waals surface area contributed by atoms with Crippen molar-refractivity contribution in [1.29, 1.82) is 0 Å². The van der Waals surface area contributed by atoms with Crippen LogP contribution in [0.1, 0.15) is 29.7 Å². The lowest BCUT2D eigenvalue weighted by molar-refractivity contribution is 0.160. The lowest BCUT2D eigenvalue weighted by Crippen LogP contribution is -2.15. The van der Waals surface area contributed by atoms with Crippen LogP contribution < -0.4 is 10.1 Å². The molecule has 0 aromatic heterocycles. The van der Waals surface area contributed by atoms with Gasteiger partial charge in [-0.05, 0) is 59.7 Å². The molecule has 0 heterocycles. The summed E-state index contributed by atoms with van der Waals surface area (Å²) in [4.78, 5) is 0. The highest BCUT2D eigenvalue weighted by molar-refractivity contribution is 9.10. The van der Waals surface area contributed by atoms with Crippen LogP contribution in [0.25, 0.3) is 0 Å². The van der Waals surface area contributed by atoms with Gasteiger partial charge in [-0.25, -0.2) is 0 Å². The van der Waals surface area contributed by atoms with E-state index in [4.69, 9.17) is 27.9 Å². The number of aliphatic hydroxyl groups is 1. The van der Waals surface area contributed by atoms with Crippen molar-refractivity contribution in [3.05, 3.63) is 92.4 Å². The second-order valence-corrected chi connectivity index (χ2v) is 8.13. The molecule has 3 rings (SSSR count). The first-order chi connectivity index (χ1) is 13.5. The van der Waals surface area contributed by atoms with E-state index in [2.05, 4.69) is 21.2 Å². The lowest BCUT2D eigenvalue weighted by atomic mass is 9.96. The maximum absolute atomic E-state index is 10.8. The Balaban J connectivity index is 1.85. The van der Waals surface area contributed by atoms with Crippen molar-refractivity contribution in [2.75, 3.05) is 12.4 Å². The first-order valence-corrected chi connectivity index (χ1v) is 10.3. The zero-order valence-electron chi connectivity index (χ0n) is 15.2. The maximum Gasteiger partial charge on any atom is 0.118 e. The quantitative estimate of drug-likeness (QED) is 0.381. The van der Waals surface area contributed by atoms with Gasteiger partial charge in [0.15, 0.2) is 0 Å². The van der Waals surface area contributed by atoms with Gasteiger partial charge in [-0.2, -0.15) is 0 Å². The largest absolute Gasteiger partial charge is 0.497 e. The molecule has 0 aliphatic carbocycles. The minimum absolute atomic E-state index is 0.159. The van der Waals surface area contributed by atoms with Crippen LogP contribution in [0, 0.1) is 0 Å². The van der Waals surface area contributed by atoms with Crippen molar-refractivity contribution >= 4 is 44.8 Å². The number of aliphatic hydroxyl groups excluding tert-OH is 1. The molecule has 0 radical (unpaired) electrons. The number of benzene rings is 3. The van der Waals surface area contributed by atoms with Gasteiger partial charge in [-0.3, -0.25) is 0 Å². The molecule has 0 amide bonds. The molecule has 2 unspecified atom stereocenters. The SMILES string of the molecule is COc1ccc(C(O)CC(Nc2ccc(Br)cc2)c2ccc(Cl)c(Cl)c2)cc1. The van der Waals surface area contributed by atoms with Crippen LogP contribution >= 0.6 is 39.1 Å². The molecule has 3 nitrogen and oxygen atoms in total. The van der Waals surface area contributed by atoms with Gasteiger partial charge in [0.1, 0.15) is 5.75 Å². The van der Waals surface area contributed by atoms with Crippen molar-refractivity contribution in [3.63, 3.8) is 0 Å². The number of hydrogen-bond acceptors (Lipinski definition) is 3. The topological polar surface area (TPSA) is 41.5 Å². The minimum Gasteiger partial charge on any atom is -0.497 e. The summed E-state index contributed by atoms with van der Waals surface area (Å²) < 4.78 is 6.19. The smallest absolute Gasteiger partial charge is 0.118 e. The van der Waals surface area contributed by atoms with Gasteiger partial charge in [0, 0.05) is 16.6 Å². The lowest BCUT2D eigenvalue weighted by Gasteiger charge is -2.24. The molecule has 146 valence electrons. The zero-order chi connectivity index (χ0) is 20.1. The Hall–Kier alpha value is -1.72. The normalized spacial score (nSPS) is 13.0. The predicted octanol–water partition coefficient (Wildman–Crippen LogP) is 7.04. The summed E-state index contributed by atoms with van der Waals surface area (Å²) in [5, 5.41) is 15.3. The van der Waals surface area contributed by atoms with E-state index >= 15 is 0 Å². The van der Waals surface area contributed by atoms with Gasteiger partial charge in [-0.15, -0.1) is 0 Å². The Morgan fingerprint density at radius 2 is 1.57 bits per heavy atom. The van der Waals surface area contributed by atoms with Gasteiger partial charge in [-0.1, -0.05) is 57.3 Å². The average Bonchev–Trinajstić information content (AvgIpc) is 2.71. The third-order valence-electron chi connectivity index (χ3n) is 4.49. The summed E-state index contributed by atoms with van der Waals surface area (Å²) in [6.45, 7) is 0. The predicted molar refractivity (Wildman–Crippen MR) is 120 cm³/mol. The fourth-order valence-electron chi connectivity index (χ4n) is 2.94. The second kappa shape index (κ2) is 9.66. The standard InChI is InChI=1S/C22H20BrCl2NO2/c1-28-18-9-2-14(3-10-18)22(27)13-21(15-4-11-19(24)20(25)12-15)26-17-7-5-16(23)6-8-17/h2-12,21-22,26-27H,13H2,1H3. The van der Waals surface area contributed by atoms with Crippen molar-refractivity contribution in [3.8, 4) is 5.75 Å². The Kier molecular flexibility index (Phi) is 7.24. The second-order valence-electron chi connectivity index (χ2n) is 6.40. The molecule has 2 N–H and O–H groups in total. The first kappa shape index (κ1) is 21.0. The molecule has 28 heavy (non-hydrogen) atoms. The number of halogens is 3. The number of rotatable bonds is 7. The van der Waals surface area contributed by atoms with Gasteiger partial charge < -0.3 is 15.2 Å². The molecule has 0 saturated carbocycles. The van der Waals surface area contributed by atoms with Crippen LogP contribution in [0.3, 0.4) is 0 Å². The Labute approximate surface area is 183 Å². The summed E-state index contributed by atoms with van der Waals surface area (Å²) in [6, 6.07) is 20.7. The first-order valence-electron chi connectivity index (χ1n) is 8.75. The summed E-state index contributed by atoms with van der Waals surface area (Å²) >= 11 is 15.7. The van der Waals surface area contributed by atoms with Crippen LogP contribution in [-0.2, 0) is 0 Å². The third kappa shape index (κ3) is 5.42. The Morgan fingerprint density at radius 1 is 0.929 bits per heavy atom. The molecule has 3 aromatic carbocycles. The number of nitrogens with one attached hydrogen (secondary N) is 1. The Bertz CT molecular complexity index is 917. The number of anilines is 1. The molecular weight excluding hydrogens is 461 g/mol. The van der Waals surface area contributed by atoms with E-state index < -0.39 is 6.10 Å². The molecule has 0 spiro atoms. The van der Waals surface area contributed by atoms with Crippen LogP contribution in [-0.4, -0.2) is 12.2 Å². The van der Waals surface area contributed by atoms with Gasteiger partial charge >= 0.3 is 0 Å². The number of ether oxygens (including phenoxy) is 1. The highest BCUT2D eigenvalue weighted by atomic mass is 79.9. The summed E-state index contributed by atoms with van der Waals surface area (Å²) in [5.41, 5.74) is 2.72. The molecule has 0 saturated heterocycles. The van der Waals surface area contributed by atoms with E-state index in [0.717, 1.165) is 27.0 Å². The van der Waals surface area contributed by atoms with Crippen molar-refractivity contribution in [1.82, 2.24) is 0 Å². The number of methoxy groups -OCH3 is 1. The van der Waals surface area contributed by atoms with Crippen LogP contribution in [0.15, 0.2) is 71.2 Å². The highest BCUT2D eigenvalue weighted by Gasteiger charge is 2.19. The molecule has 0 aliphatic rings. The molecule has 2 atom stereocenters. The van der Waals surface area contributed by atoms with E-state index in [1.807, 2.05) is 60.7 Å². The van der Waals surface area contributed by atoms with Crippen molar-refractivity contribution in [2.45, 2.75) is 18.6 Å². The summed E-state index contributed by atoms with van der Waals surface area (Å²) in [7, 11) is 1.62. The summed E-state index contributed by atoms with van der Waals surface area (Å²) in [6.07, 6.45) is -0.200. The van der Waals surface area contributed by atoms with Crippen molar-refractivity contribution < 1.29 is 9.84 Å². The van der Waals surface area contributed by atoms with E-state index in [1.54, 1.807) is 13.2 Å². The average molecular weight is 481 g/mol. The van der Waals surface area contributed by atoms with E-state index in [9.17, 15) is 5.11 Å². The molecule has 0 fully saturated rings. The van der Waals surface area contributed by atoms with Gasteiger partial charge in [0.25, 0.3) is 0 Å². The Morgan fingerprint density at radius 3 is 2.18 bits per heavy atom. The molecular formula is C22H20BrCl2NO2. The van der Waals surface area contributed by atoms with Gasteiger partial charge in [0.2, 0.25) is 0 Å². The fourth-order valence-corrected chi connectivity index (χ4v) is 3.51. The molecule has 0 bridgehead atoms. The fraction of sp³-hybridized carbons (Fsp3) is 0.182.